The van der Waals surface area contributed by atoms with E-state index in [1.54, 1.807) is 71.6 Å². The minimum absolute atomic E-state index is 0.0179. The average molecular weight is 734 g/mol. The molecule has 2 atom stereocenters. The maximum atomic E-state index is 15.4. The first kappa shape index (κ1) is 36.8. The van der Waals surface area contributed by atoms with E-state index in [4.69, 9.17) is 14.2 Å². The van der Waals surface area contributed by atoms with Crippen molar-refractivity contribution in [2.75, 3.05) is 52.5 Å². The van der Waals surface area contributed by atoms with Crippen molar-refractivity contribution < 1.29 is 36.6 Å². The lowest BCUT2D eigenvalue weighted by molar-refractivity contribution is -0.130. The summed E-state index contributed by atoms with van der Waals surface area (Å²) in [6.07, 6.45) is 2.99. The van der Waals surface area contributed by atoms with Crippen LogP contribution in [-0.4, -0.2) is 95.3 Å². The van der Waals surface area contributed by atoms with Crippen LogP contribution in [0.2, 0.25) is 0 Å². The van der Waals surface area contributed by atoms with Gasteiger partial charge in [-0.3, -0.25) is 9.69 Å². The standard InChI is InChI=1S/C40H43F4N5O4/c41-39-32-24-29(13-15-34(32)49(46-39)37-12-4-5-21-52-37)38(33(25-40(42,43)44)28-8-2-1-3-9-28)30-14-16-35(45-26-30)53-31-10-6-17-47(27-31)18-7-11-36(50)48-19-22-51-23-20-48/h1-3,7-9,11,13-16,24,26,31,37H,4-6,10,12,17-23,25,27H2/b11-7+,38-33-/t31-,37?/m1/s1. The quantitative estimate of drug-likeness (QED) is 0.0953. The summed E-state index contributed by atoms with van der Waals surface area (Å²) in [6.45, 7) is 4.96. The van der Waals surface area contributed by atoms with Crippen LogP contribution in [0.4, 0.5) is 17.6 Å². The highest BCUT2D eigenvalue weighted by Gasteiger charge is 2.32. The second kappa shape index (κ2) is 16.6. The van der Waals surface area contributed by atoms with Gasteiger partial charge in [-0.25, -0.2) is 9.67 Å². The number of allylic oxidation sites excluding steroid dienone is 1. The van der Waals surface area contributed by atoms with E-state index in [2.05, 4.69) is 15.0 Å². The van der Waals surface area contributed by atoms with Crippen molar-refractivity contribution in [1.82, 2.24) is 24.6 Å². The number of alkyl halides is 3. The molecule has 1 amide bonds. The Balaban J connectivity index is 1.15. The second-order valence-corrected chi connectivity index (χ2v) is 13.7. The number of piperidine rings is 1. The zero-order valence-electron chi connectivity index (χ0n) is 29.4. The fraction of sp³-hybridized carbons (Fsp3) is 0.425. The highest BCUT2D eigenvalue weighted by Crippen LogP contribution is 2.41. The van der Waals surface area contributed by atoms with Crippen molar-refractivity contribution >= 4 is 28.0 Å². The molecule has 280 valence electrons. The molecule has 13 heteroatoms. The molecule has 2 aromatic heterocycles. The number of carbonyl (C=O) groups is 1. The third kappa shape index (κ3) is 9.14. The van der Waals surface area contributed by atoms with Gasteiger partial charge in [-0.1, -0.05) is 42.5 Å². The number of ether oxygens (including phenoxy) is 3. The molecule has 0 saturated carbocycles. The molecule has 3 aliphatic heterocycles. The van der Waals surface area contributed by atoms with E-state index in [-0.39, 0.29) is 28.5 Å². The van der Waals surface area contributed by atoms with E-state index >= 15 is 4.39 Å². The number of amides is 1. The van der Waals surface area contributed by atoms with Crippen molar-refractivity contribution in [3.05, 3.63) is 102 Å². The summed E-state index contributed by atoms with van der Waals surface area (Å²) >= 11 is 0. The fourth-order valence-electron chi connectivity index (χ4n) is 7.32. The van der Waals surface area contributed by atoms with Crippen LogP contribution < -0.4 is 4.74 Å². The summed E-state index contributed by atoms with van der Waals surface area (Å²) in [7, 11) is 0. The topological polar surface area (TPSA) is 82.0 Å². The number of pyridine rings is 1. The molecule has 3 aliphatic rings. The lowest BCUT2D eigenvalue weighted by atomic mass is 9.88. The number of hydrogen-bond donors (Lipinski definition) is 0. The van der Waals surface area contributed by atoms with Gasteiger partial charge in [-0.2, -0.15) is 17.6 Å². The molecule has 0 spiro atoms. The summed E-state index contributed by atoms with van der Waals surface area (Å²) < 4.78 is 77.3. The van der Waals surface area contributed by atoms with E-state index in [9.17, 15) is 18.0 Å². The van der Waals surface area contributed by atoms with Crippen LogP contribution in [0.5, 0.6) is 5.88 Å². The number of likely N-dealkylation sites (tertiary alicyclic amines) is 1. The molecule has 0 bridgehead atoms. The number of benzene rings is 2. The Labute approximate surface area is 305 Å². The largest absolute Gasteiger partial charge is 0.473 e. The first-order valence-electron chi connectivity index (χ1n) is 18.3. The van der Waals surface area contributed by atoms with Crippen LogP contribution in [0.1, 0.15) is 61.4 Å². The molecule has 1 unspecified atom stereocenters. The molecule has 2 aromatic carbocycles. The lowest BCUT2D eigenvalue weighted by Gasteiger charge is -2.32. The van der Waals surface area contributed by atoms with E-state index in [0.717, 1.165) is 32.2 Å². The molecule has 0 radical (unpaired) electrons. The predicted molar refractivity (Wildman–Crippen MR) is 192 cm³/mol. The highest BCUT2D eigenvalue weighted by molar-refractivity contribution is 6.00. The van der Waals surface area contributed by atoms with Gasteiger partial charge in [0.05, 0.1) is 30.5 Å². The molecule has 4 aromatic rings. The van der Waals surface area contributed by atoms with Crippen molar-refractivity contribution in [3.8, 4) is 5.88 Å². The van der Waals surface area contributed by atoms with E-state index < -0.39 is 24.8 Å². The van der Waals surface area contributed by atoms with Gasteiger partial charge < -0.3 is 19.1 Å². The summed E-state index contributed by atoms with van der Waals surface area (Å²) in [4.78, 5) is 21.0. The van der Waals surface area contributed by atoms with E-state index in [1.807, 2.05) is 6.08 Å². The first-order valence-corrected chi connectivity index (χ1v) is 18.3. The molecule has 3 saturated heterocycles. The predicted octanol–water partition coefficient (Wildman–Crippen LogP) is 7.44. The normalized spacial score (nSPS) is 20.9. The average Bonchev–Trinajstić information content (AvgIpc) is 3.51. The zero-order valence-corrected chi connectivity index (χ0v) is 29.4. The van der Waals surface area contributed by atoms with Crippen LogP contribution in [0.3, 0.4) is 0 Å². The summed E-state index contributed by atoms with van der Waals surface area (Å²) in [5.74, 6) is -0.379. The number of rotatable bonds is 10. The van der Waals surface area contributed by atoms with Crippen molar-refractivity contribution in [2.24, 2.45) is 0 Å². The van der Waals surface area contributed by atoms with Crippen LogP contribution in [0.25, 0.3) is 22.0 Å². The van der Waals surface area contributed by atoms with Gasteiger partial charge >= 0.3 is 6.18 Å². The molecule has 0 aliphatic carbocycles. The molecule has 53 heavy (non-hydrogen) atoms. The van der Waals surface area contributed by atoms with Crippen LogP contribution in [0.15, 0.2) is 79.0 Å². The van der Waals surface area contributed by atoms with Crippen molar-refractivity contribution in [3.63, 3.8) is 0 Å². The lowest BCUT2D eigenvalue weighted by Crippen LogP contribution is -2.41. The monoisotopic (exact) mass is 733 g/mol. The number of fused-ring (bicyclic) bond motifs is 1. The number of hydrogen-bond acceptors (Lipinski definition) is 7. The van der Waals surface area contributed by atoms with Gasteiger partial charge in [0, 0.05) is 56.7 Å². The smallest absolute Gasteiger partial charge is 0.393 e. The van der Waals surface area contributed by atoms with Crippen LogP contribution >= 0.6 is 0 Å². The maximum absolute atomic E-state index is 15.4. The van der Waals surface area contributed by atoms with Crippen LogP contribution in [0, 0.1) is 5.95 Å². The van der Waals surface area contributed by atoms with Gasteiger partial charge in [0.15, 0.2) is 6.23 Å². The Morgan fingerprint density at radius 2 is 1.74 bits per heavy atom. The molecule has 3 fully saturated rings. The number of nitrogens with zero attached hydrogens (tertiary/aromatic N) is 5. The minimum Gasteiger partial charge on any atom is -0.473 e. The first-order chi connectivity index (χ1) is 25.7. The van der Waals surface area contributed by atoms with Crippen molar-refractivity contribution in [2.45, 2.75) is 57.0 Å². The molecule has 5 heterocycles. The number of halogens is 4. The molecule has 0 N–H and O–H groups in total. The maximum Gasteiger partial charge on any atom is 0.393 e. The Hall–Kier alpha value is -4.59. The molecule has 9 nitrogen and oxygen atoms in total. The second-order valence-electron chi connectivity index (χ2n) is 13.7. The highest BCUT2D eigenvalue weighted by atomic mass is 19.4. The van der Waals surface area contributed by atoms with Crippen LogP contribution in [-0.2, 0) is 14.3 Å². The fourth-order valence-corrected chi connectivity index (χ4v) is 7.32. The summed E-state index contributed by atoms with van der Waals surface area (Å²) in [5.41, 5.74) is 2.08. The number of morpholine rings is 1. The molecule has 7 rings (SSSR count). The van der Waals surface area contributed by atoms with Gasteiger partial charge in [0.25, 0.3) is 0 Å². The molecular weight excluding hydrogens is 690 g/mol. The van der Waals surface area contributed by atoms with E-state index in [1.165, 1.54) is 10.9 Å². The van der Waals surface area contributed by atoms with Gasteiger partial charge in [-0.05, 0) is 79.1 Å². The third-order valence-electron chi connectivity index (χ3n) is 9.90. The van der Waals surface area contributed by atoms with Gasteiger partial charge in [-0.15, -0.1) is 5.10 Å². The summed E-state index contributed by atoms with van der Waals surface area (Å²) in [6, 6.07) is 16.8. The number of carbonyl (C=O) groups excluding carboxylic acids is 1. The Bertz CT molecular complexity index is 1920. The SMILES string of the molecule is O=C(/C=C/CN1CCC[C@@H](Oc2ccc(/C(=C(/CC(F)(F)F)c3ccccc3)c3ccc4c(c3)c(F)nn4C3CCCCO3)cn2)C1)N1CCOCC1. The van der Waals surface area contributed by atoms with Gasteiger partial charge in [0.1, 0.15) is 6.10 Å². The molecular formula is C40H43F4N5O4. The third-order valence-corrected chi connectivity index (χ3v) is 9.90. The minimum atomic E-state index is -4.52. The number of aromatic nitrogens is 3. The van der Waals surface area contributed by atoms with Gasteiger partial charge in [0.2, 0.25) is 17.7 Å². The van der Waals surface area contributed by atoms with E-state index in [0.29, 0.717) is 80.5 Å². The Morgan fingerprint density at radius 3 is 2.47 bits per heavy atom. The summed E-state index contributed by atoms with van der Waals surface area (Å²) in [5, 5.41) is 4.33. The Kier molecular flexibility index (Phi) is 11.5. The Morgan fingerprint density at radius 1 is 0.925 bits per heavy atom. The zero-order chi connectivity index (χ0) is 36.8. The van der Waals surface area contributed by atoms with Crippen molar-refractivity contribution in [1.29, 1.82) is 0 Å².